The summed E-state index contributed by atoms with van der Waals surface area (Å²) in [6.45, 7) is 8.48. The Morgan fingerprint density at radius 3 is 2.44 bits per heavy atom. The predicted molar refractivity (Wildman–Crippen MR) is 130 cm³/mol. The van der Waals surface area contributed by atoms with Gasteiger partial charge in [-0.05, 0) is 68.1 Å². The minimum Gasteiger partial charge on any atom is -0.497 e. The number of halogens is 1. The molecule has 2 rings (SSSR count). The Balaban J connectivity index is 2.17. The topological polar surface area (TPSA) is 67.9 Å². The quantitative estimate of drug-likeness (QED) is 0.446. The molecule has 0 saturated carbocycles. The van der Waals surface area contributed by atoms with Gasteiger partial charge in [0.05, 0.1) is 7.11 Å². The minimum absolute atomic E-state index is 0.156. The largest absolute Gasteiger partial charge is 0.497 e. The first-order chi connectivity index (χ1) is 15.3. The van der Waals surface area contributed by atoms with E-state index in [9.17, 15) is 9.59 Å². The fourth-order valence-corrected chi connectivity index (χ4v) is 3.53. The molecule has 2 aromatic rings. The van der Waals surface area contributed by atoms with Crippen LogP contribution in [0.1, 0.15) is 43.4 Å². The van der Waals surface area contributed by atoms with Crippen molar-refractivity contribution in [2.75, 3.05) is 20.3 Å². The Labute approximate surface area is 199 Å². The summed E-state index contributed by atoms with van der Waals surface area (Å²) in [5.41, 5.74) is 2.94. The van der Waals surface area contributed by atoms with Crippen molar-refractivity contribution in [1.29, 1.82) is 0 Å². The van der Waals surface area contributed by atoms with E-state index >= 15 is 0 Å². The van der Waals surface area contributed by atoms with Crippen molar-refractivity contribution in [3.05, 3.63) is 57.6 Å². The molecule has 6 nitrogen and oxygen atoms in total. The number of hydrogen-bond donors (Lipinski definition) is 1. The molecule has 0 saturated heterocycles. The minimum atomic E-state index is -0.637. The number of ether oxygens (including phenoxy) is 2. The second-order valence-corrected chi connectivity index (χ2v) is 8.65. The maximum Gasteiger partial charge on any atom is 0.261 e. The third-order valence-corrected chi connectivity index (χ3v) is 6.51. The summed E-state index contributed by atoms with van der Waals surface area (Å²) in [7, 11) is 1.60. The maximum absolute atomic E-state index is 13.2. The first-order valence-electron chi connectivity index (χ1n) is 10.9. The molecule has 0 aromatic heterocycles. The van der Waals surface area contributed by atoms with Gasteiger partial charge in [0.1, 0.15) is 17.5 Å². The average molecular weight is 505 g/mol. The Morgan fingerprint density at radius 2 is 1.81 bits per heavy atom. The third-order valence-electron chi connectivity index (χ3n) is 5.26. The van der Waals surface area contributed by atoms with E-state index in [-0.39, 0.29) is 25.0 Å². The number of hydrogen-bond acceptors (Lipinski definition) is 4. The van der Waals surface area contributed by atoms with Crippen molar-refractivity contribution in [2.45, 2.75) is 53.1 Å². The number of unbranched alkanes of at least 4 members (excludes halogenated alkanes) is 1. The first kappa shape index (κ1) is 25.7. The van der Waals surface area contributed by atoms with Gasteiger partial charge in [0.15, 0.2) is 6.61 Å². The molecule has 0 aliphatic carbocycles. The van der Waals surface area contributed by atoms with E-state index in [1.54, 1.807) is 18.9 Å². The molecule has 0 spiro atoms. The number of nitrogens with zero attached hydrogens (tertiary/aromatic N) is 1. The van der Waals surface area contributed by atoms with Gasteiger partial charge in [-0.3, -0.25) is 9.59 Å². The number of rotatable bonds is 11. The zero-order chi connectivity index (χ0) is 23.7. The number of carbonyl (C=O) groups excluding carboxylic acids is 2. The lowest BCUT2D eigenvalue weighted by Crippen LogP contribution is -2.49. The van der Waals surface area contributed by atoms with Crippen molar-refractivity contribution in [3.8, 4) is 11.5 Å². The fourth-order valence-electron chi connectivity index (χ4n) is 3.30. The van der Waals surface area contributed by atoms with Gasteiger partial charge in [0.2, 0.25) is 5.91 Å². The summed E-state index contributed by atoms with van der Waals surface area (Å²) in [4.78, 5) is 27.4. The van der Waals surface area contributed by atoms with Crippen molar-refractivity contribution in [2.24, 2.45) is 0 Å². The van der Waals surface area contributed by atoms with Crippen LogP contribution in [-0.4, -0.2) is 43.0 Å². The molecule has 2 aromatic carbocycles. The van der Waals surface area contributed by atoms with Crippen LogP contribution >= 0.6 is 15.9 Å². The lowest BCUT2D eigenvalue weighted by Gasteiger charge is -2.29. The Kier molecular flexibility index (Phi) is 10.0. The standard InChI is InChI=1S/C25H33BrN2O4/c1-6-7-11-27-25(30)19(4)28(15-20-9-8-10-21(14-20)31-5)23(29)16-32-22-12-17(2)24(26)18(3)13-22/h8-10,12-14,19H,6-7,11,15-16H2,1-5H3,(H,27,30). The van der Waals surface area contributed by atoms with Gasteiger partial charge in [-0.25, -0.2) is 0 Å². The number of benzene rings is 2. The van der Waals surface area contributed by atoms with Crippen LogP contribution < -0.4 is 14.8 Å². The highest BCUT2D eigenvalue weighted by atomic mass is 79.9. The highest BCUT2D eigenvalue weighted by Crippen LogP contribution is 2.26. The summed E-state index contributed by atoms with van der Waals surface area (Å²) in [6.07, 6.45) is 1.88. The summed E-state index contributed by atoms with van der Waals surface area (Å²) < 4.78 is 12.1. The van der Waals surface area contributed by atoms with E-state index < -0.39 is 6.04 Å². The molecule has 0 radical (unpaired) electrons. The molecule has 0 aliphatic rings. The fraction of sp³-hybridized carbons (Fsp3) is 0.440. The van der Waals surface area contributed by atoms with Crippen molar-refractivity contribution in [1.82, 2.24) is 10.2 Å². The zero-order valence-electron chi connectivity index (χ0n) is 19.5. The van der Waals surface area contributed by atoms with Crippen LogP contribution in [0, 0.1) is 13.8 Å². The third kappa shape index (κ3) is 7.26. The van der Waals surface area contributed by atoms with Crippen molar-refractivity contribution >= 4 is 27.7 Å². The van der Waals surface area contributed by atoms with Crippen LogP contribution in [0.4, 0.5) is 0 Å². The number of nitrogens with one attached hydrogen (secondary N) is 1. The molecule has 0 aliphatic heterocycles. The highest BCUT2D eigenvalue weighted by Gasteiger charge is 2.26. The Bertz CT molecular complexity index is 909. The predicted octanol–water partition coefficient (Wildman–Crippen LogP) is 4.79. The second-order valence-electron chi connectivity index (χ2n) is 7.85. The first-order valence-corrected chi connectivity index (χ1v) is 11.7. The second kappa shape index (κ2) is 12.5. The van der Waals surface area contributed by atoms with Gasteiger partial charge < -0.3 is 19.7 Å². The van der Waals surface area contributed by atoms with Crippen LogP contribution in [-0.2, 0) is 16.1 Å². The van der Waals surface area contributed by atoms with Crippen molar-refractivity contribution in [3.63, 3.8) is 0 Å². The van der Waals surface area contributed by atoms with E-state index in [4.69, 9.17) is 9.47 Å². The van der Waals surface area contributed by atoms with E-state index in [0.29, 0.717) is 18.0 Å². The lowest BCUT2D eigenvalue weighted by molar-refractivity contribution is -0.142. The van der Waals surface area contributed by atoms with Crippen LogP contribution in [0.3, 0.4) is 0 Å². The monoisotopic (exact) mass is 504 g/mol. The van der Waals surface area contributed by atoms with Gasteiger partial charge in [-0.1, -0.05) is 41.4 Å². The van der Waals surface area contributed by atoms with Gasteiger partial charge in [0.25, 0.3) is 5.91 Å². The summed E-state index contributed by atoms with van der Waals surface area (Å²) in [6, 6.07) is 10.6. The van der Waals surface area contributed by atoms with Gasteiger partial charge in [-0.15, -0.1) is 0 Å². The number of methoxy groups -OCH3 is 1. The van der Waals surface area contributed by atoms with E-state index in [0.717, 1.165) is 34.0 Å². The molecule has 174 valence electrons. The Hall–Kier alpha value is -2.54. The molecule has 2 amide bonds. The Morgan fingerprint density at radius 1 is 1.12 bits per heavy atom. The molecule has 1 N–H and O–H groups in total. The number of carbonyl (C=O) groups is 2. The molecular weight excluding hydrogens is 472 g/mol. The summed E-state index contributed by atoms with van der Waals surface area (Å²) in [5.74, 6) is 0.888. The summed E-state index contributed by atoms with van der Waals surface area (Å²) >= 11 is 3.54. The molecule has 1 atom stereocenters. The molecule has 1 unspecified atom stereocenters. The number of amides is 2. The molecule has 0 fully saturated rings. The van der Waals surface area contributed by atoms with Crippen LogP contribution in [0.2, 0.25) is 0 Å². The van der Waals surface area contributed by atoms with Crippen LogP contribution in [0.25, 0.3) is 0 Å². The van der Waals surface area contributed by atoms with Gasteiger partial charge >= 0.3 is 0 Å². The normalized spacial score (nSPS) is 11.6. The molecule has 32 heavy (non-hydrogen) atoms. The molecular formula is C25H33BrN2O4. The van der Waals surface area contributed by atoms with Crippen LogP contribution in [0.5, 0.6) is 11.5 Å². The molecule has 7 heteroatoms. The maximum atomic E-state index is 13.2. The van der Waals surface area contributed by atoms with Crippen LogP contribution in [0.15, 0.2) is 40.9 Å². The highest BCUT2D eigenvalue weighted by molar-refractivity contribution is 9.10. The number of aryl methyl sites for hydroxylation is 2. The van der Waals surface area contributed by atoms with E-state index in [1.165, 1.54) is 0 Å². The smallest absolute Gasteiger partial charge is 0.261 e. The lowest BCUT2D eigenvalue weighted by atomic mass is 10.1. The van der Waals surface area contributed by atoms with E-state index in [1.807, 2.05) is 50.2 Å². The molecule has 0 heterocycles. The zero-order valence-corrected chi connectivity index (χ0v) is 21.1. The average Bonchev–Trinajstić information content (AvgIpc) is 2.79. The van der Waals surface area contributed by atoms with Gasteiger partial charge in [-0.2, -0.15) is 0 Å². The summed E-state index contributed by atoms with van der Waals surface area (Å²) in [5, 5.41) is 2.92. The molecule has 0 bridgehead atoms. The van der Waals surface area contributed by atoms with Crippen molar-refractivity contribution < 1.29 is 19.1 Å². The van der Waals surface area contributed by atoms with Gasteiger partial charge in [0, 0.05) is 17.6 Å². The van der Waals surface area contributed by atoms with E-state index in [2.05, 4.69) is 28.2 Å². The SMILES string of the molecule is CCCCNC(=O)C(C)N(Cc1cccc(OC)c1)C(=O)COc1cc(C)c(Br)c(C)c1.